The smallest absolute Gasteiger partial charge is 0.165 e. The van der Waals surface area contributed by atoms with Crippen LogP contribution in [0.1, 0.15) is 27.8 Å². The topological polar surface area (TPSA) is 34.1 Å². The number of benzene rings is 4. The molecule has 0 fully saturated rings. The lowest BCUT2D eigenvalue weighted by atomic mass is 10.1. The Balaban J connectivity index is 0.00000400. The van der Waals surface area contributed by atoms with Gasteiger partial charge in [0.2, 0.25) is 0 Å². The predicted molar refractivity (Wildman–Crippen MR) is 166 cm³/mol. The molecular formula is C32H35BrN2O2S. The van der Waals surface area contributed by atoms with Gasteiger partial charge in [-0.3, -0.25) is 0 Å². The van der Waals surface area contributed by atoms with E-state index >= 15 is 0 Å². The van der Waals surface area contributed by atoms with Crippen LogP contribution in [0.2, 0.25) is 0 Å². The van der Waals surface area contributed by atoms with Gasteiger partial charge in [-0.05, 0) is 65.9 Å². The lowest BCUT2D eigenvalue weighted by Crippen LogP contribution is -2.28. The Bertz CT molecular complexity index is 1240. The molecule has 0 aliphatic rings. The van der Waals surface area contributed by atoms with E-state index in [4.69, 9.17) is 14.5 Å². The first-order valence-corrected chi connectivity index (χ1v) is 13.4. The molecule has 6 heteroatoms. The van der Waals surface area contributed by atoms with E-state index in [1.54, 1.807) is 26.0 Å². The highest BCUT2D eigenvalue weighted by Gasteiger charge is 2.16. The lowest BCUT2D eigenvalue weighted by molar-refractivity contribution is 0.405. The SMILES string of the molecule is Br.COc1ccc(CN(Cc2ccc(OC)cc2)C(=Nc2c(C)cccc2C)SCc2ccccc2)cc1. The fourth-order valence-electron chi connectivity index (χ4n) is 4.09. The molecule has 0 aliphatic carbocycles. The fourth-order valence-corrected chi connectivity index (χ4v) is 5.04. The first kappa shape index (κ1) is 29.3. The molecule has 4 nitrogen and oxygen atoms in total. The van der Waals surface area contributed by atoms with E-state index in [0.29, 0.717) is 0 Å². The van der Waals surface area contributed by atoms with Crippen molar-refractivity contribution in [2.75, 3.05) is 14.2 Å². The summed E-state index contributed by atoms with van der Waals surface area (Å²) in [5, 5.41) is 0.993. The van der Waals surface area contributed by atoms with E-state index in [1.165, 1.54) is 27.8 Å². The molecule has 0 saturated heterocycles. The molecule has 0 atom stereocenters. The third kappa shape index (κ3) is 8.14. The maximum atomic E-state index is 5.38. The van der Waals surface area contributed by atoms with Crippen molar-refractivity contribution in [2.45, 2.75) is 32.7 Å². The molecule has 0 aromatic heterocycles. The maximum Gasteiger partial charge on any atom is 0.165 e. The Labute approximate surface area is 241 Å². The predicted octanol–water partition coefficient (Wildman–Crippen LogP) is 8.52. The molecule has 4 aromatic rings. The number of ether oxygens (including phenoxy) is 2. The van der Waals surface area contributed by atoms with Crippen LogP contribution in [-0.4, -0.2) is 24.3 Å². The molecule has 0 unspecified atom stereocenters. The van der Waals surface area contributed by atoms with Crippen LogP contribution < -0.4 is 9.47 Å². The average Bonchev–Trinajstić information content (AvgIpc) is 2.93. The zero-order chi connectivity index (χ0) is 26.0. The minimum Gasteiger partial charge on any atom is -0.497 e. The number of methoxy groups -OCH3 is 2. The molecule has 0 spiro atoms. The first-order chi connectivity index (χ1) is 18.1. The molecule has 0 amide bonds. The molecule has 0 N–H and O–H groups in total. The highest BCUT2D eigenvalue weighted by Crippen LogP contribution is 2.29. The molecule has 0 radical (unpaired) electrons. The van der Waals surface area contributed by atoms with E-state index in [-0.39, 0.29) is 17.0 Å². The van der Waals surface area contributed by atoms with Gasteiger partial charge in [-0.25, -0.2) is 4.99 Å². The van der Waals surface area contributed by atoms with Crippen molar-refractivity contribution in [3.63, 3.8) is 0 Å². The van der Waals surface area contributed by atoms with Crippen molar-refractivity contribution in [2.24, 2.45) is 4.99 Å². The van der Waals surface area contributed by atoms with Gasteiger partial charge in [-0.2, -0.15) is 0 Å². The van der Waals surface area contributed by atoms with Crippen LogP contribution in [0, 0.1) is 13.8 Å². The van der Waals surface area contributed by atoms with Gasteiger partial charge in [0.05, 0.1) is 19.9 Å². The number of halogens is 1. The van der Waals surface area contributed by atoms with Gasteiger partial charge >= 0.3 is 0 Å². The number of hydrogen-bond acceptors (Lipinski definition) is 4. The van der Waals surface area contributed by atoms with E-state index in [9.17, 15) is 0 Å². The van der Waals surface area contributed by atoms with Crippen LogP contribution >= 0.6 is 28.7 Å². The normalized spacial score (nSPS) is 11.0. The minimum atomic E-state index is 0. The van der Waals surface area contributed by atoms with Crippen molar-refractivity contribution >= 4 is 39.6 Å². The lowest BCUT2D eigenvalue weighted by Gasteiger charge is -2.27. The number of nitrogens with zero attached hydrogens (tertiary/aromatic N) is 2. The van der Waals surface area contributed by atoms with Gasteiger partial charge in [-0.15, -0.1) is 17.0 Å². The summed E-state index contributed by atoms with van der Waals surface area (Å²) < 4.78 is 10.8. The number of aryl methyl sites for hydroxylation is 2. The summed E-state index contributed by atoms with van der Waals surface area (Å²) in [5.41, 5.74) is 7.05. The number of rotatable bonds is 9. The van der Waals surface area contributed by atoms with Crippen LogP contribution in [0.3, 0.4) is 0 Å². The second kappa shape index (κ2) is 14.6. The van der Waals surface area contributed by atoms with Crippen molar-refractivity contribution < 1.29 is 9.47 Å². The largest absolute Gasteiger partial charge is 0.497 e. The van der Waals surface area contributed by atoms with Crippen LogP contribution in [0.15, 0.2) is 102 Å². The third-order valence-electron chi connectivity index (χ3n) is 6.19. The van der Waals surface area contributed by atoms with Crippen molar-refractivity contribution in [1.29, 1.82) is 0 Å². The Morgan fingerprint density at radius 3 is 1.63 bits per heavy atom. The molecular weight excluding hydrogens is 556 g/mol. The molecule has 4 aromatic carbocycles. The summed E-state index contributed by atoms with van der Waals surface area (Å²) in [4.78, 5) is 7.65. The Morgan fingerprint density at radius 2 is 1.16 bits per heavy atom. The zero-order valence-corrected chi connectivity index (χ0v) is 24.9. The number of hydrogen-bond donors (Lipinski definition) is 0. The summed E-state index contributed by atoms with van der Waals surface area (Å²) in [6, 6.07) is 33.5. The number of thioether (sulfide) groups is 1. The van der Waals surface area contributed by atoms with Crippen molar-refractivity contribution in [3.8, 4) is 11.5 Å². The minimum absolute atomic E-state index is 0. The molecule has 38 heavy (non-hydrogen) atoms. The summed E-state index contributed by atoms with van der Waals surface area (Å²) in [7, 11) is 3.39. The summed E-state index contributed by atoms with van der Waals surface area (Å²) >= 11 is 1.78. The van der Waals surface area contributed by atoms with Gasteiger partial charge in [0.25, 0.3) is 0 Å². The monoisotopic (exact) mass is 590 g/mol. The first-order valence-electron chi connectivity index (χ1n) is 12.4. The third-order valence-corrected chi connectivity index (χ3v) is 7.28. The van der Waals surface area contributed by atoms with E-state index in [0.717, 1.165) is 41.2 Å². The molecule has 0 saturated carbocycles. The number of amidine groups is 1. The quantitative estimate of drug-likeness (QED) is 0.144. The Hall–Kier alpha value is -3.22. The molecule has 4 rings (SSSR count). The van der Waals surface area contributed by atoms with Crippen molar-refractivity contribution in [1.82, 2.24) is 4.90 Å². The van der Waals surface area contributed by atoms with Gasteiger partial charge in [0.15, 0.2) is 5.17 Å². The second-order valence-electron chi connectivity index (χ2n) is 8.96. The molecule has 0 heterocycles. The highest BCUT2D eigenvalue weighted by atomic mass is 79.9. The zero-order valence-electron chi connectivity index (χ0n) is 22.4. The van der Waals surface area contributed by atoms with Crippen molar-refractivity contribution in [3.05, 3.63) is 125 Å². The van der Waals surface area contributed by atoms with Crippen LogP contribution in [0.25, 0.3) is 0 Å². The number of aliphatic imine (C=N–C) groups is 1. The summed E-state index contributed by atoms with van der Waals surface area (Å²) in [6.45, 7) is 5.70. The summed E-state index contributed by atoms with van der Waals surface area (Å²) in [6.07, 6.45) is 0. The second-order valence-corrected chi connectivity index (χ2v) is 9.90. The Morgan fingerprint density at radius 1 is 0.658 bits per heavy atom. The van der Waals surface area contributed by atoms with Gasteiger partial charge < -0.3 is 14.4 Å². The van der Waals surface area contributed by atoms with Gasteiger partial charge in [0.1, 0.15) is 11.5 Å². The molecule has 198 valence electrons. The van der Waals surface area contributed by atoms with E-state index in [1.807, 2.05) is 24.3 Å². The van der Waals surface area contributed by atoms with Gasteiger partial charge in [0, 0.05) is 18.8 Å². The summed E-state index contributed by atoms with van der Waals surface area (Å²) in [5.74, 6) is 2.55. The number of para-hydroxylation sites is 1. The fraction of sp³-hybridized carbons (Fsp3) is 0.219. The van der Waals surface area contributed by atoms with Crippen LogP contribution in [0.5, 0.6) is 11.5 Å². The molecule has 0 aliphatic heterocycles. The van der Waals surface area contributed by atoms with Crippen LogP contribution in [-0.2, 0) is 18.8 Å². The van der Waals surface area contributed by atoms with Gasteiger partial charge in [-0.1, -0.05) is 84.6 Å². The molecule has 0 bridgehead atoms. The standard InChI is InChI=1S/C32H34N2O2S.BrH/c1-24-9-8-10-25(2)31(24)33-32(37-23-28-11-6-5-7-12-28)34(21-26-13-17-29(35-3)18-14-26)22-27-15-19-30(36-4)20-16-27;/h5-20H,21-23H2,1-4H3;1H. The Kier molecular flexibility index (Phi) is 11.3. The maximum absolute atomic E-state index is 5.38. The van der Waals surface area contributed by atoms with E-state index in [2.05, 4.69) is 91.5 Å². The highest BCUT2D eigenvalue weighted by molar-refractivity contribution is 8.93. The average molecular weight is 592 g/mol. The van der Waals surface area contributed by atoms with Crippen LogP contribution in [0.4, 0.5) is 5.69 Å². The van der Waals surface area contributed by atoms with E-state index < -0.39 is 0 Å².